The number of aromatic nitrogens is 1. The lowest BCUT2D eigenvalue weighted by molar-refractivity contribution is 0.0683. The fraction of sp³-hybridized carbons (Fsp3) is 0.167. The number of ether oxygens (including phenoxy) is 1. The van der Waals surface area contributed by atoms with Crippen molar-refractivity contribution in [2.75, 3.05) is 0 Å². The SMILES string of the molecule is O=C(O)c1cc(COCc2ccccc2Cl)on1. The van der Waals surface area contributed by atoms with Gasteiger partial charge in [-0.05, 0) is 11.6 Å². The summed E-state index contributed by atoms with van der Waals surface area (Å²) < 4.78 is 10.2. The number of aromatic carboxylic acids is 1. The minimum absolute atomic E-state index is 0.133. The number of halogens is 1. The largest absolute Gasteiger partial charge is 0.476 e. The van der Waals surface area contributed by atoms with Crippen LogP contribution >= 0.6 is 11.6 Å². The molecule has 6 heteroatoms. The summed E-state index contributed by atoms with van der Waals surface area (Å²) in [6.07, 6.45) is 0. The Labute approximate surface area is 108 Å². The third kappa shape index (κ3) is 3.09. The zero-order valence-electron chi connectivity index (χ0n) is 9.30. The Balaban J connectivity index is 1.88. The van der Waals surface area contributed by atoms with Gasteiger partial charge >= 0.3 is 5.97 Å². The van der Waals surface area contributed by atoms with Crippen LogP contribution in [-0.2, 0) is 18.0 Å². The van der Waals surface area contributed by atoms with Gasteiger partial charge in [0.2, 0.25) is 0 Å². The molecule has 0 aliphatic rings. The Morgan fingerprint density at radius 2 is 2.17 bits per heavy atom. The molecule has 0 spiro atoms. The maximum absolute atomic E-state index is 10.6. The summed E-state index contributed by atoms with van der Waals surface area (Å²) in [5.41, 5.74) is 0.725. The second kappa shape index (κ2) is 5.66. The van der Waals surface area contributed by atoms with E-state index < -0.39 is 5.97 Å². The molecule has 2 aromatic rings. The van der Waals surface area contributed by atoms with Gasteiger partial charge in [0.15, 0.2) is 11.5 Å². The molecule has 1 N–H and O–H groups in total. The third-order valence-corrected chi connectivity index (χ3v) is 2.61. The zero-order chi connectivity index (χ0) is 13.0. The third-order valence-electron chi connectivity index (χ3n) is 2.24. The monoisotopic (exact) mass is 267 g/mol. The van der Waals surface area contributed by atoms with Crippen molar-refractivity contribution in [1.29, 1.82) is 0 Å². The number of nitrogens with zero attached hydrogens (tertiary/aromatic N) is 1. The molecule has 2 rings (SSSR count). The normalized spacial score (nSPS) is 10.5. The average Bonchev–Trinajstić information content (AvgIpc) is 2.80. The molecule has 0 saturated heterocycles. The summed E-state index contributed by atoms with van der Waals surface area (Å²) >= 11 is 5.96. The number of carbonyl (C=O) groups is 1. The molecule has 1 heterocycles. The number of carboxylic acids is 1. The first-order valence-corrected chi connectivity index (χ1v) is 5.54. The predicted molar refractivity (Wildman–Crippen MR) is 63.4 cm³/mol. The molecule has 0 saturated carbocycles. The van der Waals surface area contributed by atoms with Gasteiger partial charge in [-0.2, -0.15) is 0 Å². The van der Waals surface area contributed by atoms with Gasteiger partial charge in [-0.15, -0.1) is 0 Å². The number of hydrogen-bond acceptors (Lipinski definition) is 4. The highest BCUT2D eigenvalue weighted by molar-refractivity contribution is 6.31. The maximum Gasteiger partial charge on any atom is 0.358 e. The van der Waals surface area contributed by atoms with E-state index in [9.17, 15) is 4.79 Å². The van der Waals surface area contributed by atoms with Crippen molar-refractivity contribution in [3.8, 4) is 0 Å². The van der Waals surface area contributed by atoms with E-state index in [0.717, 1.165) is 5.56 Å². The van der Waals surface area contributed by atoms with E-state index in [1.807, 2.05) is 18.2 Å². The van der Waals surface area contributed by atoms with Crippen LogP contribution in [0.2, 0.25) is 5.02 Å². The molecule has 0 amide bonds. The lowest BCUT2D eigenvalue weighted by Crippen LogP contribution is -1.95. The molecule has 94 valence electrons. The number of hydrogen-bond donors (Lipinski definition) is 1. The van der Waals surface area contributed by atoms with E-state index in [4.69, 9.17) is 26.0 Å². The van der Waals surface area contributed by atoms with Gasteiger partial charge in [-0.3, -0.25) is 0 Å². The maximum atomic E-state index is 10.6. The average molecular weight is 268 g/mol. The lowest BCUT2D eigenvalue weighted by Gasteiger charge is -2.03. The minimum Gasteiger partial charge on any atom is -0.476 e. The summed E-state index contributed by atoms with van der Waals surface area (Å²) in [7, 11) is 0. The van der Waals surface area contributed by atoms with Gasteiger partial charge in [-0.25, -0.2) is 4.79 Å². The Kier molecular flexibility index (Phi) is 3.96. The van der Waals surface area contributed by atoms with Crippen molar-refractivity contribution in [1.82, 2.24) is 5.16 Å². The van der Waals surface area contributed by atoms with Gasteiger partial charge in [0.05, 0.1) is 6.61 Å². The van der Waals surface area contributed by atoms with Gasteiger partial charge in [0.25, 0.3) is 0 Å². The van der Waals surface area contributed by atoms with Gasteiger partial charge in [0, 0.05) is 11.1 Å². The Morgan fingerprint density at radius 1 is 1.39 bits per heavy atom. The van der Waals surface area contributed by atoms with Crippen molar-refractivity contribution in [2.24, 2.45) is 0 Å². The summed E-state index contributed by atoms with van der Waals surface area (Å²) in [4.78, 5) is 10.6. The second-order valence-electron chi connectivity index (χ2n) is 3.57. The van der Waals surface area contributed by atoms with E-state index in [1.54, 1.807) is 6.07 Å². The van der Waals surface area contributed by atoms with Gasteiger partial charge in [0.1, 0.15) is 6.61 Å². The summed E-state index contributed by atoms with van der Waals surface area (Å²) in [5.74, 6) is -0.768. The Bertz CT molecular complexity index is 553. The fourth-order valence-electron chi connectivity index (χ4n) is 1.36. The van der Waals surface area contributed by atoms with Crippen LogP contribution in [0.4, 0.5) is 0 Å². The Hall–Kier alpha value is -1.85. The van der Waals surface area contributed by atoms with Crippen molar-refractivity contribution in [2.45, 2.75) is 13.2 Å². The minimum atomic E-state index is -1.13. The molecule has 0 fully saturated rings. The Morgan fingerprint density at radius 3 is 2.83 bits per heavy atom. The predicted octanol–water partition coefficient (Wildman–Crippen LogP) is 2.74. The van der Waals surface area contributed by atoms with Crippen LogP contribution < -0.4 is 0 Å². The zero-order valence-corrected chi connectivity index (χ0v) is 10.1. The van der Waals surface area contributed by atoms with Crippen LogP contribution in [0.3, 0.4) is 0 Å². The van der Waals surface area contributed by atoms with Crippen LogP contribution in [0, 0.1) is 0 Å². The quantitative estimate of drug-likeness (QED) is 0.902. The summed E-state index contributed by atoms with van der Waals surface area (Å²) in [6, 6.07) is 8.65. The van der Waals surface area contributed by atoms with Crippen LogP contribution in [0.1, 0.15) is 21.8 Å². The van der Waals surface area contributed by atoms with Crippen molar-refractivity contribution < 1.29 is 19.2 Å². The van der Waals surface area contributed by atoms with Crippen LogP contribution in [0.5, 0.6) is 0 Å². The molecule has 18 heavy (non-hydrogen) atoms. The molecule has 5 nitrogen and oxygen atoms in total. The van der Waals surface area contributed by atoms with E-state index in [-0.39, 0.29) is 12.3 Å². The van der Waals surface area contributed by atoms with E-state index >= 15 is 0 Å². The van der Waals surface area contributed by atoms with Crippen LogP contribution in [0.25, 0.3) is 0 Å². The number of benzene rings is 1. The summed E-state index contributed by atoms with van der Waals surface area (Å²) in [6.45, 7) is 0.467. The van der Waals surface area contributed by atoms with E-state index in [1.165, 1.54) is 6.07 Å². The van der Waals surface area contributed by atoms with E-state index in [2.05, 4.69) is 5.16 Å². The topological polar surface area (TPSA) is 72.6 Å². The lowest BCUT2D eigenvalue weighted by atomic mass is 10.2. The highest BCUT2D eigenvalue weighted by Crippen LogP contribution is 2.16. The molecule has 0 aliphatic carbocycles. The standard InChI is InChI=1S/C12H10ClNO4/c13-10-4-2-1-3-8(10)6-17-7-9-5-11(12(15)16)14-18-9/h1-5H,6-7H2,(H,15,16). The van der Waals surface area contributed by atoms with Crippen LogP contribution in [-0.4, -0.2) is 16.2 Å². The molecule has 1 aromatic heterocycles. The fourth-order valence-corrected chi connectivity index (χ4v) is 1.55. The molecule has 0 unspecified atom stereocenters. The summed E-state index contributed by atoms with van der Waals surface area (Å²) in [5, 5.41) is 12.7. The first-order valence-electron chi connectivity index (χ1n) is 5.17. The smallest absolute Gasteiger partial charge is 0.358 e. The molecular formula is C12H10ClNO4. The second-order valence-corrected chi connectivity index (χ2v) is 3.98. The highest BCUT2D eigenvalue weighted by atomic mass is 35.5. The van der Waals surface area contributed by atoms with Crippen molar-refractivity contribution in [3.63, 3.8) is 0 Å². The first-order chi connectivity index (χ1) is 8.66. The molecule has 0 aliphatic heterocycles. The van der Waals surface area contributed by atoms with Crippen molar-refractivity contribution in [3.05, 3.63) is 52.4 Å². The number of rotatable bonds is 5. The first kappa shape index (κ1) is 12.6. The molecule has 0 bridgehead atoms. The van der Waals surface area contributed by atoms with Gasteiger partial charge < -0.3 is 14.4 Å². The number of carboxylic acid groups (broad SMARTS) is 1. The van der Waals surface area contributed by atoms with Gasteiger partial charge in [-0.1, -0.05) is 35.0 Å². The molecular weight excluding hydrogens is 258 g/mol. The van der Waals surface area contributed by atoms with Crippen molar-refractivity contribution >= 4 is 17.6 Å². The van der Waals surface area contributed by atoms with E-state index in [0.29, 0.717) is 17.4 Å². The highest BCUT2D eigenvalue weighted by Gasteiger charge is 2.10. The molecule has 1 aromatic carbocycles. The van der Waals surface area contributed by atoms with Crippen LogP contribution in [0.15, 0.2) is 34.9 Å². The molecule has 0 atom stereocenters. The molecule has 0 radical (unpaired) electrons.